The lowest BCUT2D eigenvalue weighted by atomic mass is 10.1. The molecule has 0 aliphatic rings. The Balaban J connectivity index is 2.32. The summed E-state index contributed by atoms with van der Waals surface area (Å²) in [6.07, 6.45) is 3.99. The Bertz CT molecular complexity index is 728. The standard InChI is InChI=1S/C16H12N2O2S/c1-2-12-3-8-15(18-11-20)16(9-12)21-14-6-4-13(5-7-14)17-10-19/h3-9H,2H2,1H3. The second-order valence-electron chi connectivity index (χ2n) is 4.16. The molecule has 0 heterocycles. The van der Waals surface area contributed by atoms with Gasteiger partial charge in [-0.05, 0) is 48.4 Å². The number of rotatable bonds is 5. The molecule has 0 fully saturated rings. The molecule has 0 radical (unpaired) electrons. The van der Waals surface area contributed by atoms with Crippen LogP contribution in [0.3, 0.4) is 0 Å². The second kappa shape index (κ2) is 7.36. The summed E-state index contributed by atoms with van der Waals surface area (Å²) < 4.78 is 0. The Hall–Kier alpha value is -2.45. The van der Waals surface area contributed by atoms with Gasteiger partial charge in [-0.2, -0.15) is 9.98 Å². The molecule has 0 saturated carbocycles. The molecule has 21 heavy (non-hydrogen) atoms. The lowest BCUT2D eigenvalue weighted by molar-refractivity contribution is 0.564. The first-order chi connectivity index (χ1) is 10.3. The molecule has 0 spiro atoms. The Labute approximate surface area is 126 Å². The zero-order valence-electron chi connectivity index (χ0n) is 11.4. The van der Waals surface area contributed by atoms with E-state index in [1.54, 1.807) is 18.2 Å². The third-order valence-electron chi connectivity index (χ3n) is 2.84. The van der Waals surface area contributed by atoms with Crippen molar-refractivity contribution in [3.8, 4) is 0 Å². The van der Waals surface area contributed by atoms with Crippen molar-refractivity contribution in [2.75, 3.05) is 0 Å². The minimum atomic E-state index is 0.558. The summed E-state index contributed by atoms with van der Waals surface area (Å²) >= 11 is 1.50. The van der Waals surface area contributed by atoms with Gasteiger partial charge in [0.2, 0.25) is 12.2 Å². The topological polar surface area (TPSA) is 58.9 Å². The molecule has 2 aromatic rings. The number of isocyanates is 2. The van der Waals surface area contributed by atoms with Crippen molar-refractivity contribution in [3.05, 3.63) is 48.0 Å². The van der Waals surface area contributed by atoms with Crippen LogP contribution in [0.2, 0.25) is 0 Å². The first kappa shape index (κ1) is 14.9. The molecule has 0 atom stereocenters. The molecule has 0 N–H and O–H groups in total. The van der Waals surface area contributed by atoms with Gasteiger partial charge in [0, 0.05) is 9.79 Å². The zero-order chi connectivity index (χ0) is 15.1. The third kappa shape index (κ3) is 4.01. The van der Waals surface area contributed by atoms with E-state index in [-0.39, 0.29) is 0 Å². The van der Waals surface area contributed by atoms with Crippen molar-refractivity contribution in [1.82, 2.24) is 0 Å². The molecule has 5 heteroatoms. The SMILES string of the molecule is CCc1ccc(N=C=O)c(Sc2ccc(N=C=O)cc2)c1. The molecule has 0 aliphatic carbocycles. The van der Waals surface area contributed by atoms with Crippen molar-refractivity contribution in [2.24, 2.45) is 9.98 Å². The highest BCUT2D eigenvalue weighted by Gasteiger charge is 2.05. The maximum atomic E-state index is 10.5. The van der Waals surface area contributed by atoms with Crippen LogP contribution < -0.4 is 0 Å². The van der Waals surface area contributed by atoms with Crippen LogP contribution >= 0.6 is 11.8 Å². The van der Waals surface area contributed by atoms with Gasteiger partial charge in [-0.15, -0.1) is 0 Å². The van der Waals surface area contributed by atoms with E-state index in [1.165, 1.54) is 23.4 Å². The zero-order valence-corrected chi connectivity index (χ0v) is 12.2. The summed E-state index contributed by atoms with van der Waals surface area (Å²) in [7, 11) is 0. The maximum Gasteiger partial charge on any atom is 0.240 e. The highest BCUT2D eigenvalue weighted by Crippen LogP contribution is 2.36. The highest BCUT2D eigenvalue weighted by atomic mass is 32.2. The molecule has 104 valence electrons. The molecule has 2 rings (SSSR count). The molecule has 0 unspecified atom stereocenters. The van der Waals surface area contributed by atoms with Gasteiger partial charge in [-0.3, -0.25) is 0 Å². The normalized spacial score (nSPS) is 9.57. The van der Waals surface area contributed by atoms with Crippen LogP contribution in [0.1, 0.15) is 12.5 Å². The molecule has 0 amide bonds. The van der Waals surface area contributed by atoms with Crippen molar-refractivity contribution >= 4 is 35.3 Å². The van der Waals surface area contributed by atoms with Crippen LogP contribution in [0.5, 0.6) is 0 Å². The minimum Gasteiger partial charge on any atom is -0.211 e. The van der Waals surface area contributed by atoms with Crippen LogP contribution in [0.25, 0.3) is 0 Å². The summed E-state index contributed by atoms with van der Waals surface area (Å²) in [5.74, 6) is 0. The van der Waals surface area contributed by atoms with Crippen LogP contribution in [-0.2, 0) is 16.0 Å². The molecular formula is C16H12N2O2S. The average molecular weight is 296 g/mol. The van der Waals surface area contributed by atoms with E-state index < -0.39 is 0 Å². The quantitative estimate of drug-likeness (QED) is 0.609. The van der Waals surface area contributed by atoms with Gasteiger partial charge in [0.1, 0.15) is 0 Å². The number of hydrogen-bond acceptors (Lipinski definition) is 5. The predicted molar refractivity (Wildman–Crippen MR) is 81.9 cm³/mol. The van der Waals surface area contributed by atoms with E-state index in [0.29, 0.717) is 11.4 Å². The molecule has 0 bridgehead atoms. The summed E-state index contributed by atoms with van der Waals surface area (Å²) in [5.41, 5.74) is 2.33. The maximum absolute atomic E-state index is 10.5. The van der Waals surface area contributed by atoms with Gasteiger partial charge in [0.05, 0.1) is 11.4 Å². The lowest BCUT2D eigenvalue weighted by Gasteiger charge is -2.07. The van der Waals surface area contributed by atoms with Crippen LogP contribution in [0.15, 0.2) is 62.2 Å². The number of carbonyl (C=O) groups excluding carboxylic acids is 2. The van der Waals surface area contributed by atoms with Gasteiger partial charge >= 0.3 is 0 Å². The van der Waals surface area contributed by atoms with Gasteiger partial charge in [-0.25, -0.2) is 9.59 Å². The summed E-state index contributed by atoms with van der Waals surface area (Å²) in [6, 6.07) is 13.0. The largest absolute Gasteiger partial charge is 0.240 e. The summed E-state index contributed by atoms with van der Waals surface area (Å²) in [6.45, 7) is 2.07. The molecular weight excluding hydrogens is 284 g/mol. The van der Waals surface area contributed by atoms with Crippen molar-refractivity contribution in [1.29, 1.82) is 0 Å². The Morgan fingerprint density at radius 1 is 1.00 bits per heavy atom. The predicted octanol–water partition coefficient (Wildman–Crippen LogP) is 4.33. The fourth-order valence-corrected chi connectivity index (χ4v) is 2.72. The lowest BCUT2D eigenvalue weighted by Crippen LogP contribution is -1.82. The molecule has 0 saturated heterocycles. The molecule has 0 aromatic heterocycles. The summed E-state index contributed by atoms with van der Waals surface area (Å²) in [4.78, 5) is 29.8. The van der Waals surface area contributed by atoms with E-state index in [9.17, 15) is 9.59 Å². The Morgan fingerprint density at radius 3 is 2.33 bits per heavy atom. The van der Waals surface area contributed by atoms with Crippen LogP contribution in [0, 0.1) is 0 Å². The van der Waals surface area contributed by atoms with Gasteiger partial charge in [0.25, 0.3) is 0 Å². The summed E-state index contributed by atoms with van der Waals surface area (Å²) in [5, 5.41) is 0. The van der Waals surface area contributed by atoms with E-state index in [2.05, 4.69) is 16.9 Å². The van der Waals surface area contributed by atoms with Crippen LogP contribution in [0.4, 0.5) is 11.4 Å². The number of benzene rings is 2. The number of aliphatic imine (C=N–C) groups is 2. The second-order valence-corrected chi connectivity index (χ2v) is 5.27. The van der Waals surface area contributed by atoms with E-state index in [1.807, 2.05) is 30.3 Å². The smallest absolute Gasteiger partial charge is 0.211 e. The van der Waals surface area contributed by atoms with E-state index >= 15 is 0 Å². The van der Waals surface area contributed by atoms with Gasteiger partial charge < -0.3 is 0 Å². The fourth-order valence-electron chi connectivity index (χ4n) is 1.77. The van der Waals surface area contributed by atoms with Gasteiger partial charge in [0.15, 0.2) is 0 Å². The van der Waals surface area contributed by atoms with E-state index in [4.69, 9.17) is 0 Å². The number of nitrogens with zero attached hydrogens (tertiary/aromatic N) is 2. The Morgan fingerprint density at radius 2 is 1.71 bits per heavy atom. The number of aryl methyl sites for hydroxylation is 1. The van der Waals surface area contributed by atoms with Crippen molar-refractivity contribution in [2.45, 2.75) is 23.1 Å². The molecule has 2 aromatic carbocycles. The molecule has 0 aliphatic heterocycles. The number of hydrogen-bond donors (Lipinski definition) is 0. The van der Waals surface area contributed by atoms with Crippen LogP contribution in [-0.4, -0.2) is 12.2 Å². The monoisotopic (exact) mass is 296 g/mol. The first-order valence-electron chi connectivity index (χ1n) is 6.33. The van der Waals surface area contributed by atoms with E-state index in [0.717, 1.165) is 16.2 Å². The molecule has 4 nitrogen and oxygen atoms in total. The third-order valence-corrected chi connectivity index (χ3v) is 3.89. The minimum absolute atomic E-state index is 0.558. The average Bonchev–Trinajstić information content (AvgIpc) is 2.51. The first-order valence-corrected chi connectivity index (χ1v) is 7.15. The Kier molecular flexibility index (Phi) is 5.24. The van der Waals surface area contributed by atoms with Gasteiger partial charge in [-0.1, -0.05) is 24.8 Å². The van der Waals surface area contributed by atoms with Crippen molar-refractivity contribution in [3.63, 3.8) is 0 Å². The van der Waals surface area contributed by atoms with Crippen molar-refractivity contribution < 1.29 is 9.59 Å². The fraction of sp³-hybridized carbons (Fsp3) is 0.125. The highest BCUT2D eigenvalue weighted by molar-refractivity contribution is 7.99.